The third-order valence-electron chi connectivity index (χ3n) is 3.35. The molecule has 0 spiro atoms. The molecular formula is C18H19FO2. The first-order valence-corrected chi connectivity index (χ1v) is 6.85. The number of carbonyl (C=O) groups is 1. The number of hydrogen-bond donors (Lipinski definition) is 0. The normalized spacial score (nSPS) is 11.3. The first-order chi connectivity index (χ1) is 9.81. The lowest BCUT2D eigenvalue weighted by atomic mass is 9.86. The maximum absolute atomic E-state index is 13.8. The van der Waals surface area contributed by atoms with Crippen LogP contribution >= 0.6 is 0 Å². The molecule has 2 rings (SSSR count). The zero-order valence-corrected chi connectivity index (χ0v) is 12.7. The van der Waals surface area contributed by atoms with Crippen LogP contribution < -0.4 is 4.74 Å². The van der Waals surface area contributed by atoms with Gasteiger partial charge in [0, 0.05) is 5.56 Å². The summed E-state index contributed by atoms with van der Waals surface area (Å²) in [5, 5.41) is 0. The highest BCUT2D eigenvalue weighted by Crippen LogP contribution is 2.31. The van der Waals surface area contributed by atoms with E-state index in [1.807, 2.05) is 25.1 Å². The smallest absolute Gasteiger partial charge is 0.166 e. The number of rotatable bonds is 3. The maximum atomic E-state index is 13.8. The highest BCUT2D eigenvalue weighted by atomic mass is 19.1. The third kappa shape index (κ3) is 3.48. The third-order valence-corrected chi connectivity index (χ3v) is 3.35. The van der Waals surface area contributed by atoms with E-state index in [0.29, 0.717) is 17.6 Å². The average Bonchev–Trinajstić information content (AvgIpc) is 2.41. The number of halogens is 1. The average molecular weight is 286 g/mol. The van der Waals surface area contributed by atoms with Gasteiger partial charge in [-0.25, -0.2) is 4.39 Å². The fourth-order valence-electron chi connectivity index (χ4n) is 2.02. The van der Waals surface area contributed by atoms with Gasteiger partial charge < -0.3 is 4.74 Å². The van der Waals surface area contributed by atoms with Crippen LogP contribution in [0.4, 0.5) is 4.39 Å². The Morgan fingerprint density at radius 2 is 1.71 bits per heavy atom. The number of benzene rings is 2. The fraction of sp³-hybridized carbons (Fsp3) is 0.278. The molecular weight excluding hydrogens is 267 g/mol. The molecule has 110 valence electrons. The number of carbonyl (C=O) groups excluding carboxylic acids is 1. The Hall–Kier alpha value is -2.16. The summed E-state index contributed by atoms with van der Waals surface area (Å²) in [7, 11) is 0. The van der Waals surface area contributed by atoms with Gasteiger partial charge in [0.15, 0.2) is 11.6 Å². The van der Waals surface area contributed by atoms with Crippen molar-refractivity contribution in [3.63, 3.8) is 0 Å². The van der Waals surface area contributed by atoms with E-state index in [1.54, 1.807) is 0 Å². The van der Waals surface area contributed by atoms with E-state index in [4.69, 9.17) is 4.74 Å². The van der Waals surface area contributed by atoms with Crippen molar-refractivity contribution in [2.24, 2.45) is 0 Å². The van der Waals surface area contributed by atoms with Crippen molar-refractivity contribution >= 4 is 6.29 Å². The molecule has 2 nitrogen and oxygen atoms in total. The molecule has 0 aliphatic heterocycles. The molecule has 0 aliphatic rings. The van der Waals surface area contributed by atoms with Gasteiger partial charge in [0.25, 0.3) is 0 Å². The molecule has 0 radical (unpaired) electrons. The van der Waals surface area contributed by atoms with Crippen LogP contribution in [0, 0.1) is 12.7 Å². The van der Waals surface area contributed by atoms with E-state index < -0.39 is 5.82 Å². The Kier molecular flexibility index (Phi) is 4.12. The van der Waals surface area contributed by atoms with E-state index in [-0.39, 0.29) is 11.2 Å². The second-order valence-corrected chi connectivity index (χ2v) is 6.14. The molecule has 0 unspecified atom stereocenters. The van der Waals surface area contributed by atoms with Gasteiger partial charge in [0.2, 0.25) is 0 Å². The minimum atomic E-state index is -0.543. The zero-order valence-electron chi connectivity index (χ0n) is 12.7. The summed E-state index contributed by atoms with van der Waals surface area (Å²) in [6.07, 6.45) is 0.607. The van der Waals surface area contributed by atoms with Crippen molar-refractivity contribution in [2.75, 3.05) is 0 Å². The molecule has 0 saturated heterocycles. The monoisotopic (exact) mass is 286 g/mol. The van der Waals surface area contributed by atoms with Crippen LogP contribution in [0.3, 0.4) is 0 Å². The van der Waals surface area contributed by atoms with Crippen molar-refractivity contribution in [3.8, 4) is 11.5 Å². The number of hydrogen-bond acceptors (Lipinski definition) is 2. The van der Waals surface area contributed by atoms with Crippen molar-refractivity contribution < 1.29 is 13.9 Å². The van der Waals surface area contributed by atoms with Crippen LogP contribution in [0.15, 0.2) is 36.4 Å². The van der Waals surface area contributed by atoms with Crippen LogP contribution in [-0.4, -0.2) is 6.29 Å². The summed E-state index contributed by atoms with van der Waals surface area (Å²) < 4.78 is 19.5. The van der Waals surface area contributed by atoms with E-state index in [2.05, 4.69) is 20.8 Å². The SMILES string of the molecule is Cc1cc(C(C)(C)C)ccc1Oc1ccc(C=O)cc1F. The largest absolute Gasteiger partial charge is 0.454 e. The topological polar surface area (TPSA) is 26.3 Å². The lowest BCUT2D eigenvalue weighted by molar-refractivity contribution is 0.112. The minimum absolute atomic E-state index is 0.0557. The summed E-state index contributed by atoms with van der Waals surface area (Å²) in [6.45, 7) is 8.35. The van der Waals surface area contributed by atoms with Gasteiger partial charge in [-0.05, 0) is 47.7 Å². The Bertz CT molecular complexity index is 669. The van der Waals surface area contributed by atoms with Crippen LogP contribution in [0.1, 0.15) is 42.3 Å². The van der Waals surface area contributed by atoms with Gasteiger partial charge in [-0.1, -0.05) is 32.9 Å². The van der Waals surface area contributed by atoms with E-state index >= 15 is 0 Å². The van der Waals surface area contributed by atoms with Crippen LogP contribution in [-0.2, 0) is 5.41 Å². The summed E-state index contributed by atoms with van der Waals surface area (Å²) in [5.74, 6) is 0.187. The molecule has 0 N–H and O–H groups in total. The minimum Gasteiger partial charge on any atom is -0.454 e. The summed E-state index contributed by atoms with van der Waals surface area (Å²) in [4.78, 5) is 10.6. The Labute approximate surface area is 124 Å². The van der Waals surface area contributed by atoms with Crippen LogP contribution in [0.2, 0.25) is 0 Å². The van der Waals surface area contributed by atoms with Gasteiger partial charge in [-0.3, -0.25) is 4.79 Å². The Morgan fingerprint density at radius 1 is 1.05 bits per heavy atom. The molecule has 0 heterocycles. The molecule has 0 bridgehead atoms. The lowest BCUT2D eigenvalue weighted by Crippen LogP contribution is -2.11. The van der Waals surface area contributed by atoms with Crippen molar-refractivity contribution in [2.45, 2.75) is 33.1 Å². The molecule has 0 fully saturated rings. The molecule has 0 saturated carbocycles. The van der Waals surface area contributed by atoms with E-state index in [9.17, 15) is 9.18 Å². The van der Waals surface area contributed by atoms with Crippen LogP contribution in [0.5, 0.6) is 11.5 Å². The van der Waals surface area contributed by atoms with E-state index in [1.165, 1.54) is 23.8 Å². The summed E-state index contributed by atoms with van der Waals surface area (Å²) in [5.41, 5.74) is 2.49. The van der Waals surface area contributed by atoms with E-state index in [0.717, 1.165) is 5.56 Å². The first-order valence-electron chi connectivity index (χ1n) is 6.85. The maximum Gasteiger partial charge on any atom is 0.166 e. The van der Waals surface area contributed by atoms with Gasteiger partial charge in [0.1, 0.15) is 12.0 Å². The predicted octanol–water partition coefficient (Wildman–Crippen LogP) is 5.04. The standard InChI is InChI=1S/C18H19FO2/c1-12-9-14(18(2,3)4)6-8-16(12)21-17-7-5-13(11-20)10-15(17)19/h5-11H,1-4H3. The molecule has 2 aromatic carbocycles. The number of aryl methyl sites for hydroxylation is 1. The number of ether oxygens (including phenoxy) is 1. The summed E-state index contributed by atoms with van der Waals surface area (Å²) in [6, 6.07) is 10.1. The quantitative estimate of drug-likeness (QED) is 0.739. The molecule has 21 heavy (non-hydrogen) atoms. The molecule has 0 amide bonds. The molecule has 3 heteroatoms. The molecule has 0 aliphatic carbocycles. The lowest BCUT2D eigenvalue weighted by Gasteiger charge is -2.20. The molecule has 0 atom stereocenters. The van der Waals surface area contributed by atoms with Crippen molar-refractivity contribution in [1.82, 2.24) is 0 Å². The highest BCUT2D eigenvalue weighted by molar-refractivity contribution is 5.75. The fourth-order valence-corrected chi connectivity index (χ4v) is 2.02. The van der Waals surface area contributed by atoms with Crippen LogP contribution in [0.25, 0.3) is 0 Å². The number of aldehydes is 1. The van der Waals surface area contributed by atoms with Crippen molar-refractivity contribution in [3.05, 3.63) is 58.9 Å². The Morgan fingerprint density at radius 3 is 2.24 bits per heavy atom. The predicted molar refractivity (Wildman–Crippen MR) is 81.7 cm³/mol. The first kappa shape index (κ1) is 15.2. The summed E-state index contributed by atoms with van der Waals surface area (Å²) >= 11 is 0. The second-order valence-electron chi connectivity index (χ2n) is 6.14. The van der Waals surface area contributed by atoms with Gasteiger partial charge >= 0.3 is 0 Å². The van der Waals surface area contributed by atoms with Gasteiger partial charge in [-0.2, -0.15) is 0 Å². The zero-order chi connectivity index (χ0) is 15.6. The van der Waals surface area contributed by atoms with Gasteiger partial charge in [0.05, 0.1) is 0 Å². The highest BCUT2D eigenvalue weighted by Gasteiger charge is 2.15. The second kappa shape index (κ2) is 5.68. The van der Waals surface area contributed by atoms with Crippen molar-refractivity contribution in [1.29, 1.82) is 0 Å². The molecule has 0 aromatic heterocycles. The molecule has 2 aromatic rings. The van der Waals surface area contributed by atoms with Gasteiger partial charge in [-0.15, -0.1) is 0 Å². The Balaban J connectivity index is 2.30.